The molecular formula is C19H28FN3O. The van der Waals surface area contributed by atoms with Gasteiger partial charge in [-0.25, -0.2) is 4.39 Å². The standard InChI is InChI=1S/C19H28FN3O/c1-13(2)23-10-8-16(9-11-23)21-17-12-18(24)22(3)19(17)14-4-6-15(20)7-5-14/h4-7,13,16-17,19,21H,8-12H2,1-3H3. The van der Waals surface area contributed by atoms with Crippen LogP contribution < -0.4 is 5.32 Å². The Bertz CT molecular complexity index is 566. The van der Waals surface area contributed by atoms with Gasteiger partial charge in [0.15, 0.2) is 0 Å². The van der Waals surface area contributed by atoms with Gasteiger partial charge in [0.1, 0.15) is 5.82 Å². The highest BCUT2D eigenvalue weighted by atomic mass is 19.1. The first kappa shape index (κ1) is 17.4. The molecule has 132 valence electrons. The first-order valence-electron chi connectivity index (χ1n) is 8.97. The van der Waals surface area contributed by atoms with Crippen LogP contribution in [0.1, 0.15) is 44.7 Å². The summed E-state index contributed by atoms with van der Waals surface area (Å²) in [4.78, 5) is 16.5. The number of halogens is 1. The Kier molecular flexibility index (Phi) is 5.21. The highest BCUT2D eigenvalue weighted by Gasteiger charge is 2.39. The molecule has 0 saturated carbocycles. The number of likely N-dealkylation sites (tertiary alicyclic amines) is 2. The van der Waals surface area contributed by atoms with E-state index in [-0.39, 0.29) is 23.8 Å². The summed E-state index contributed by atoms with van der Waals surface area (Å²) in [6.45, 7) is 6.69. The maximum atomic E-state index is 13.2. The van der Waals surface area contributed by atoms with Crippen molar-refractivity contribution < 1.29 is 9.18 Å². The van der Waals surface area contributed by atoms with Gasteiger partial charge in [-0.2, -0.15) is 0 Å². The van der Waals surface area contributed by atoms with Gasteiger partial charge in [0.25, 0.3) is 0 Å². The number of likely N-dealkylation sites (N-methyl/N-ethyl adjacent to an activating group) is 1. The predicted octanol–water partition coefficient (Wildman–Crippen LogP) is 2.56. The average molecular weight is 333 g/mol. The fourth-order valence-corrected chi connectivity index (χ4v) is 4.02. The van der Waals surface area contributed by atoms with Crippen molar-refractivity contribution in [2.24, 2.45) is 0 Å². The summed E-state index contributed by atoms with van der Waals surface area (Å²) in [7, 11) is 1.85. The number of nitrogens with one attached hydrogen (secondary N) is 1. The van der Waals surface area contributed by atoms with Crippen molar-refractivity contribution in [2.75, 3.05) is 20.1 Å². The molecule has 2 fully saturated rings. The molecule has 2 saturated heterocycles. The Labute approximate surface area is 144 Å². The number of carbonyl (C=O) groups is 1. The van der Waals surface area contributed by atoms with Gasteiger partial charge in [-0.1, -0.05) is 12.1 Å². The minimum absolute atomic E-state index is 0.0128. The minimum atomic E-state index is -0.240. The molecule has 0 aromatic heterocycles. The van der Waals surface area contributed by atoms with E-state index in [0.29, 0.717) is 18.5 Å². The monoisotopic (exact) mass is 333 g/mol. The summed E-state index contributed by atoms with van der Waals surface area (Å²) < 4.78 is 13.2. The fourth-order valence-electron chi connectivity index (χ4n) is 4.02. The summed E-state index contributed by atoms with van der Waals surface area (Å²) in [5.74, 6) is -0.0854. The molecule has 2 heterocycles. The van der Waals surface area contributed by atoms with Crippen LogP contribution in [0.5, 0.6) is 0 Å². The molecule has 0 spiro atoms. The van der Waals surface area contributed by atoms with E-state index >= 15 is 0 Å². The van der Waals surface area contributed by atoms with E-state index in [9.17, 15) is 9.18 Å². The molecule has 4 nitrogen and oxygen atoms in total. The van der Waals surface area contributed by atoms with Crippen molar-refractivity contribution in [1.82, 2.24) is 15.1 Å². The number of nitrogens with zero attached hydrogens (tertiary/aromatic N) is 2. The Morgan fingerprint density at radius 3 is 2.38 bits per heavy atom. The topological polar surface area (TPSA) is 35.6 Å². The smallest absolute Gasteiger partial charge is 0.224 e. The molecule has 1 amide bonds. The lowest BCUT2D eigenvalue weighted by Gasteiger charge is -2.37. The Hall–Kier alpha value is -1.46. The van der Waals surface area contributed by atoms with Gasteiger partial charge in [-0.15, -0.1) is 0 Å². The van der Waals surface area contributed by atoms with E-state index in [0.717, 1.165) is 31.5 Å². The van der Waals surface area contributed by atoms with E-state index in [1.807, 2.05) is 7.05 Å². The number of rotatable bonds is 4. The van der Waals surface area contributed by atoms with Crippen molar-refractivity contribution in [3.63, 3.8) is 0 Å². The van der Waals surface area contributed by atoms with E-state index < -0.39 is 0 Å². The third kappa shape index (κ3) is 3.62. The third-order valence-corrected chi connectivity index (χ3v) is 5.51. The summed E-state index contributed by atoms with van der Waals surface area (Å²) in [6, 6.07) is 7.68. The van der Waals surface area contributed by atoms with Crippen LogP contribution in [-0.2, 0) is 4.79 Å². The van der Waals surface area contributed by atoms with Gasteiger partial charge in [0.2, 0.25) is 5.91 Å². The first-order valence-corrected chi connectivity index (χ1v) is 8.97. The number of hydrogen-bond donors (Lipinski definition) is 1. The van der Waals surface area contributed by atoms with Gasteiger partial charge >= 0.3 is 0 Å². The largest absolute Gasteiger partial charge is 0.337 e. The normalized spacial score (nSPS) is 26.5. The molecule has 5 heteroatoms. The van der Waals surface area contributed by atoms with Gasteiger partial charge in [0, 0.05) is 31.6 Å². The fraction of sp³-hybridized carbons (Fsp3) is 0.632. The maximum absolute atomic E-state index is 13.2. The van der Waals surface area contributed by atoms with Crippen molar-refractivity contribution in [2.45, 2.75) is 57.3 Å². The predicted molar refractivity (Wildman–Crippen MR) is 93.2 cm³/mol. The summed E-state index contributed by atoms with van der Waals surface area (Å²) in [5.41, 5.74) is 1.00. The summed E-state index contributed by atoms with van der Waals surface area (Å²) in [6.07, 6.45) is 2.74. The number of amides is 1. The van der Waals surface area contributed by atoms with E-state index in [1.54, 1.807) is 17.0 Å². The van der Waals surface area contributed by atoms with Crippen LogP contribution in [0.15, 0.2) is 24.3 Å². The van der Waals surface area contributed by atoms with Crippen molar-refractivity contribution in [1.29, 1.82) is 0 Å². The van der Waals surface area contributed by atoms with E-state index in [4.69, 9.17) is 0 Å². The second-order valence-electron chi connectivity index (χ2n) is 7.38. The second-order valence-corrected chi connectivity index (χ2v) is 7.38. The number of hydrogen-bond acceptors (Lipinski definition) is 3. The summed E-state index contributed by atoms with van der Waals surface area (Å²) >= 11 is 0. The maximum Gasteiger partial charge on any atom is 0.224 e. The van der Waals surface area contributed by atoms with Crippen LogP contribution >= 0.6 is 0 Å². The van der Waals surface area contributed by atoms with Crippen molar-refractivity contribution in [3.05, 3.63) is 35.6 Å². The van der Waals surface area contributed by atoms with Crippen LogP contribution in [0.4, 0.5) is 4.39 Å². The number of benzene rings is 1. The Morgan fingerprint density at radius 2 is 1.79 bits per heavy atom. The Balaban J connectivity index is 1.67. The van der Waals surface area contributed by atoms with E-state index in [1.165, 1.54) is 12.1 Å². The minimum Gasteiger partial charge on any atom is -0.337 e. The zero-order valence-electron chi connectivity index (χ0n) is 14.8. The van der Waals surface area contributed by atoms with Crippen LogP contribution in [0, 0.1) is 5.82 Å². The second kappa shape index (κ2) is 7.19. The molecule has 1 aromatic rings. The van der Waals surface area contributed by atoms with Crippen LogP contribution in [0.3, 0.4) is 0 Å². The molecule has 1 N–H and O–H groups in total. The molecule has 1 aromatic carbocycles. The first-order chi connectivity index (χ1) is 11.5. The highest BCUT2D eigenvalue weighted by Crippen LogP contribution is 2.33. The Morgan fingerprint density at radius 1 is 1.17 bits per heavy atom. The molecule has 0 bridgehead atoms. The van der Waals surface area contributed by atoms with E-state index in [2.05, 4.69) is 24.1 Å². The SMILES string of the molecule is CC(C)N1CCC(NC2CC(=O)N(C)C2c2ccc(F)cc2)CC1. The van der Waals surface area contributed by atoms with Crippen LogP contribution in [-0.4, -0.2) is 54.0 Å². The molecule has 24 heavy (non-hydrogen) atoms. The van der Waals surface area contributed by atoms with Crippen LogP contribution in [0.2, 0.25) is 0 Å². The van der Waals surface area contributed by atoms with Gasteiger partial charge < -0.3 is 15.1 Å². The third-order valence-electron chi connectivity index (χ3n) is 5.51. The zero-order chi connectivity index (χ0) is 17.3. The van der Waals surface area contributed by atoms with Gasteiger partial charge in [0.05, 0.1) is 6.04 Å². The zero-order valence-corrected chi connectivity index (χ0v) is 14.8. The van der Waals surface area contributed by atoms with Crippen LogP contribution in [0.25, 0.3) is 0 Å². The van der Waals surface area contributed by atoms with Crippen molar-refractivity contribution >= 4 is 5.91 Å². The molecule has 3 rings (SSSR count). The lowest BCUT2D eigenvalue weighted by molar-refractivity contribution is -0.127. The molecule has 2 aliphatic heterocycles. The molecule has 2 unspecified atom stereocenters. The molecule has 2 atom stereocenters. The van der Waals surface area contributed by atoms with Gasteiger partial charge in [-0.05, 0) is 57.5 Å². The molecule has 0 aliphatic carbocycles. The summed E-state index contributed by atoms with van der Waals surface area (Å²) in [5, 5.41) is 3.72. The lowest BCUT2D eigenvalue weighted by atomic mass is 9.96. The molecule has 2 aliphatic rings. The highest BCUT2D eigenvalue weighted by molar-refractivity contribution is 5.80. The quantitative estimate of drug-likeness (QED) is 0.920. The average Bonchev–Trinajstić information content (AvgIpc) is 2.83. The number of piperidine rings is 1. The lowest BCUT2D eigenvalue weighted by Crippen LogP contribution is -2.49. The molecule has 0 radical (unpaired) electrons. The van der Waals surface area contributed by atoms with Crippen molar-refractivity contribution in [3.8, 4) is 0 Å². The number of carbonyl (C=O) groups excluding carboxylic acids is 1. The molecular weight excluding hydrogens is 305 g/mol. The van der Waals surface area contributed by atoms with Gasteiger partial charge in [-0.3, -0.25) is 4.79 Å².